The fourth-order valence-corrected chi connectivity index (χ4v) is 5.99. The fourth-order valence-electron chi connectivity index (χ4n) is 4.51. The molecule has 3 atom stereocenters. The smallest absolute Gasteiger partial charge is 0.184 e. The molecule has 202 valence electrons. The highest BCUT2D eigenvalue weighted by atomic mass is 28.4. The zero-order valence-electron chi connectivity index (χ0n) is 23.1. The molecule has 3 rings (SSSR count). The van der Waals surface area contributed by atoms with E-state index in [1.54, 1.807) is 0 Å². The summed E-state index contributed by atoms with van der Waals surface area (Å²) >= 11 is 0. The van der Waals surface area contributed by atoms with Crippen LogP contribution in [0.3, 0.4) is 0 Å². The van der Waals surface area contributed by atoms with Gasteiger partial charge in [-0.1, -0.05) is 103 Å². The molecule has 0 aliphatic carbocycles. The van der Waals surface area contributed by atoms with Gasteiger partial charge in [0.15, 0.2) is 8.32 Å². The van der Waals surface area contributed by atoms with Crippen LogP contribution in [-0.2, 0) is 38.5 Å². The molecular formula is C33H42O4Si. The summed E-state index contributed by atoms with van der Waals surface area (Å²) in [6, 6.07) is 30.5. The summed E-state index contributed by atoms with van der Waals surface area (Å²) in [6.45, 7) is 16.4. The zero-order valence-corrected chi connectivity index (χ0v) is 24.1. The molecule has 0 radical (unpaired) electrons. The van der Waals surface area contributed by atoms with Crippen molar-refractivity contribution in [2.45, 2.75) is 63.7 Å². The van der Waals surface area contributed by atoms with Gasteiger partial charge in [0.05, 0.1) is 26.4 Å². The van der Waals surface area contributed by atoms with Gasteiger partial charge in [0.25, 0.3) is 0 Å². The molecule has 0 amide bonds. The molecule has 38 heavy (non-hydrogen) atoms. The second-order valence-electron chi connectivity index (χ2n) is 10.5. The average Bonchev–Trinajstić information content (AvgIpc) is 2.91. The van der Waals surface area contributed by atoms with E-state index in [0.717, 1.165) is 16.7 Å². The van der Waals surface area contributed by atoms with Gasteiger partial charge in [-0.15, -0.1) is 13.2 Å². The van der Waals surface area contributed by atoms with Gasteiger partial charge in [-0.3, -0.25) is 0 Å². The Labute approximate surface area is 230 Å². The first-order chi connectivity index (χ1) is 18.3. The summed E-state index contributed by atoms with van der Waals surface area (Å²) in [5.74, 6) is 0. The van der Waals surface area contributed by atoms with Crippen LogP contribution in [0.25, 0.3) is 0 Å². The van der Waals surface area contributed by atoms with Gasteiger partial charge in [0, 0.05) is 0 Å². The Morgan fingerprint density at radius 3 is 1.63 bits per heavy atom. The Kier molecular flexibility index (Phi) is 11.7. The lowest BCUT2D eigenvalue weighted by Gasteiger charge is -2.46. The van der Waals surface area contributed by atoms with Crippen molar-refractivity contribution in [3.05, 3.63) is 133 Å². The quantitative estimate of drug-likeness (QED) is 0.132. The molecule has 0 aliphatic rings. The number of benzene rings is 3. The fraction of sp³-hybridized carbons (Fsp3) is 0.333. The van der Waals surface area contributed by atoms with Crippen molar-refractivity contribution in [2.75, 3.05) is 6.61 Å². The monoisotopic (exact) mass is 530 g/mol. The lowest BCUT2D eigenvalue weighted by Crippen LogP contribution is -2.59. The van der Waals surface area contributed by atoms with Gasteiger partial charge in [0.1, 0.15) is 17.8 Å². The van der Waals surface area contributed by atoms with Gasteiger partial charge in [-0.05, 0) is 42.8 Å². The third-order valence-corrected chi connectivity index (χ3v) is 7.08. The van der Waals surface area contributed by atoms with Crippen LogP contribution in [0.2, 0.25) is 19.6 Å². The Morgan fingerprint density at radius 2 is 1.18 bits per heavy atom. The number of rotatable bonds is 17. The molecule has 0 saturated carbocycles. The molecule has 5 heteroatoms. The first-order valence-corrected chi connectivity index (χ1v) is 16.6. The van der Waals surface area contributed by atoms with E-state index < -0.39 is 26.1 Å². The number of hydrogen-bond acceptors (Lipinski definition) is 4. The SMILES string of the molecule is C=CCC(COCc1ccccc1)(O[Si](C)(C)C)[C@@H](OCc1ccccc1)[C@@H](C=C)OCc1ccccc1. The minimum Gasteiger partial charge on any atom is -0.407 e. The van der Waals surface area contributed by atoms with Crippen LogP contribution in [0, 0.1) is 0 Å². The Hall–Kier alpha value is -2.80. The highest BCUT2D eigenvalue weighted by molar-refractivity contribution is 6.69. The van der Waals surface area contributed by atoms with E-state index in [1.807, 2.05) is 66.7 Å². The van der Waals surface area contributed by atoms with E-state index >= 15 is 0 Å². The second-order valence-corrected chi connectivity index (χ2v) is 14.9. The van der Waals surface area contributed by atoms with Gasteiger partial charge in [-0.25, -0.2) is 0 Å². The molecule has 0 N–H and O–H groups in total. The van der Waals surface area contributed by atoms with Crippen molar-refractivity contribution >= 4 is 8.32 Å². The molecule has 0 aliphatic heterocycles. The standard InChI is InChI=1S/C33H42O4Si/c1-6-23-33(37-38(3,4)5,27-34-24-28-17-11-8-12-18-28)32(36-26-30-21-15-10-16-22-30)31(7-2)35-25-29-19-13-9-14-20-29/h6-22,31-32H,1-2,23-27H2,3-5H3/t31-,32+,33?/m1/s1. The maximum Gasteiger partial charge on any atom is 0.184 e. The van der Waals surface area contributed by atoms with Crippen LogP contribution >= 0.6 is 0 Å². The predicted octanol–water partition coefficient (Wildman–Crippen LogP) is 7.73. The van der Waals surface area contributed by atoms with E-state index in [0.29, 0.717) is 32.8 Å². The Balaban J connectivity index is 1.94. The molecule has 3 aromatic rings. The van der Waals surface area contributed by atoms with E-state index in [1.165, 1.54) is 0 Å². The average molecular weight is 531 g/mol. The van der Waals surface area contributed by atoms with Gasteiger partial charge in [-0.2, -0.15) is 0 Å². The third-order valence-electron chi connectivity index (χ3n) is 6.06. The van der Waals surface area contributed by atoms with Gasteiger partial charge < -0.3 is 18.6 Å². The van der Waals surface area contributed by atoms with Crippen LogP contribution in [0.1, 0.15) is 23.1 Å². The predicted molar refractivity (Wildman–Crippen MR) is 158 cm³/mol. The molecule has 3 aromatic carbocycles. The van der Waals surface area contributed by atoms with Crippen molar-refractivity contribution in [2.24, 2.45) is 0 Å². The zero-order chi connectivity index (χ0) is 27.3. The van der Waals surface area contributed by atoms with E-state index in [9.17, 15) is 0 Å². The highest BCUT2D eigenvalue weighted by Crippen LogP contribution is 2.33. The summed E-state index contributed by atoms with van der Waals surface area (Å²) < 4.78 is 26.5. The van der Waals surface area contributed by atoms with Crippen LogP contribution in [0.4, 0.5) is 0 Å². The Bertz CT molecular complexity index is 1080. The summed E-state index contributed by atoms with van der Waals surface area (Å²) in [5.41, 5.74) is 2.46. The largest absolute Gasteiger partial charge is 0.407 e. The minimum atomic E-state index is -2.07. The van der Waals surface area contributed by atoms with Gasteiger partial charge >= 0.3 is 0 Å². The molecule has 1 unspecified atom stereocenters. The topological polar surface area (TPSA) is 36.9 Å². The van der Waals surface area contributed by atoms with Crippen molar-refractivity contribution in [1.82, 2.24) is 0 Å². The van der Waals surface area contributed by atoms with Crippen LogP contribution in [0.5, 0.6) is 0 Å². The normalized spacial score (nSPS) is 14.8. The summed E-state index contributed by atoms with van der Waals surface area (Å²) in [7, 11) is -2.07. The second kappa shape index (κ2) is 15.0. The first kappa shape index (κ1) is 29.7. The number of ether oxygens (including phenoxy) is 3. The molecule has 0 heterocycles. The summed E-state index contributed by atoms with van der Waals surface area (Å²) in [4.78, 5) is 0. The van der Waals surface area contributed by atoms with Crippen molar-refractivity contribution in [3.63, 3.8) is 0 Å². The van der Waals surface area contributed by atoms with Crippen LogP contribution in [0.15, 0.2) is 116 Å². The van der Waals surface area contributed by atoms with Gasteiger partial charge in [0.2, 0.25) is 0 Å². The van der Waals surface area contributed by atoms with E-state index in [4.69, 9.17) is 18.6 Å². The summed E-state index contributed by atoms with van der Waals surface area (Å²) in [5, 5.41) is 0. The lowest BCUT2D eigenvalue weighted by molar-refractivity contribution is -0.178. The highest BCUT2D eigenvalue weighted by Gasteiger charge is 2.47. The molecule has 0 fully saturated rings. The van der Waals surface area contributed by atoms with E-state index in [2.05, 4.69) is 69.2 Å². The molecule has 0 saturated heterocycles. The molecule has 0 bridgehead atoms. The molecular weight excluding hydrogens is 488 g/mol. The molecule has 4 nitrogen and oxygen atoms in total. The lowest BCUT2D eigenvalue weighted by atomic mass is 9.89. The van der Waals surface area contributed by atoms with E-state index in [-0.39, 0.29) is 0 Å². The van der Waals surface area contributed by atoms with Crippen molar-refractivity contribution in [1.29, 1.82) is 0 Å². The van der Waals surface area contributed by atoms with Crippen LogP contribution < -0.4 is 0 Å². The first-order valence-electron chi connectivity index (χ1n) is 13.2. The maximum absolute atomic E-state index is 6.98. The minimum absolute atomic E-state index is 0.330. The summed E-state index contributed by atoms with van der Waals surface area (Å²) in [6.07, 6.45) is 3.34. The Morgan fingerprint density at radius 1 is 0.711 bits per heavy atom. The molecule has 0 aromatic heterocycles. The van der Waals surface area contributed by atoms with Crippen molar-refractivity contribution in [3.8, 4) is 0 Å². The third kappa shape index (κ3) is 9.50. The maximum atomic E-state index is 6.98. The van der Waals surface area contributed by atoms with Crippen molar-refractivity contribution < 1.29 is 18.6 Å². The van der Waals surface area contributed by atoms with Crippen LogP contribution in [-0.4, -0.2) is 32.7 Å². The molecule has 0 spiro atoms. The number of hydrogen-bond donors (Lipinski definition) is 0.